The number of anilines is 1. The first-order chi connectivity index (χ1) is 9.38. The fourth-order valence-corrected chi connectivity index (χ4v) is 2.08. The van der Waals surface area contributed by atoms with E-state index in [4.69, 9.17) is 0 Å². The lowest BCUT2D eigenvalue weighted by Crippen LogP contribution is -2.34. The molecular weight excluding hydrogens is 320 g/mol. The summed E-state index contributed by atoms with van der Waals surface area (Å²) < 4.78 is 0.968. The van der Waals surface area contributed by atoms with Crippen molar-refractivity contribution in [3.8, 4) is 0 Å². The predicted molar refractivity (Wildman–Crippen MR) is 84.5 cm³/mol. The highest BCUT2D eigenvalue weighted by molar-refractivity contribution is 9.10. The average Bonchev–Trinajstić information content (AvgIpc) is 2.36. The van der Waals surface area contributed by atoms with E-state index in [-0.39, 0.29) is 11.8 Å². The molecule has 0 atom stereocenters. The first kappa shape index (κ1) is 16.7. The van der Waals surface area contributed by atoms with Crippen molar-refractivity contribution in [3.05, 3.63) is 28.7 Å². The summed E-state index contributed by atoms with van der Waals surface area (Å²) in [6.07, 6.45) is 0.308. The second-order valence-electron chi connectivity index (χ2n) is 5.16. The topological polar surface area (TPSA) is 49.4 Å². The highest BCUT2D eigenvalue weighted by atomic mass is 79.9. The molecule has 1 N–H and O–H groups in total. The van der Waals surface area contributed by atoms with Crippen LogP contribution in [0.1, 0.15) is 27.2 Å². The molecule has 0 aliphatic rings. The first-order valence-corrected chi connectivity index (χ1v) is 7.48. The molecule has 0 radical (unpaired) electrons. The fraction of sp³-hybridized carbons (Fsp3) is 0.467. The van der Waals surface area contributed by atoms with Crippen molar-refractivity contribution in [3.63, 3.8) is 0 Å². The van der Waals surface area contributed by atoms with Gasteiger partial charge < -0.3 is 10.2 Å². The van der Waals surface area contributed by atoms with Gasteiger partial charge in [-0.25, -0.2) is 0 Å². The molecule has 1 rings (SSSR count). The van der Waals surface area contributed by atoms with Crippen molar-refractivity contribution < 1.29 is 9.59 Å². The van der Waals surface area contributed by atoms with Gasteiger partial charge >= 0.3 is 0 Å². The van der Waals surface area contributed by atoms with Crippen LogP contribution in [-0.2, 0) is 9.59 Å². The van der Waals surface area contributed by atoms with E-state index in [2.05, 4.69) is 35.1 Å². The molecular formula is C15H21BrN2O2. The van der Waals surface area contributed by atoms with Gasteiger partial charge in [-0.05, 0) is 30.2 Å². The van der Waals surface area contributed by atoms with Crippen LogP contribution in [0.2, 0.25) is 0 Å². The zero-order chi connectivity index (χ0) is 15.1. The van der Waals surface area contributed by atoms with Crippen LogP contribution in [0.25, 0.3) is 0 Å². The smallest absolute Gasteiger partial charge is 0.226 e. The Morgan fingerprint density at radius 1 is 1.25 bits per heavy atom. The molecule has 0 saturated heterocycles. The molecule has 0 spiro atoms. The average molecular weight is 341 g/mol. The summed E-state index contributed by atoms with van der Waals surface area (Å²) in [6.45, 7) is 6.78. The first-order valence-electron chi connectivity index (χ1n) is 6.69. The third-order valence-corrected chi connectivity index (χ3v) is 3.30. The number of halogens is 1. The van der Waals surface area contributed by atoms with Crippen LogP contribution in [0.5, 0.6) is 0 Å². The number of benzene rings is 1. The Morgan fingerprint density at radius 2 is 1.85 bits per heavy atom. The van der Waals surface area contributed by atoms with Crippen LogP contribution in [0.15, 0.2) is 28.7 Å². The Kier molecular flexibility index (Phi) is 6.71. The minimum atomic E-state index is -0.0812. The predicted octanol–water partition coefficient (Wildman–Crippen LogP) is 3.28. The number of hydrogen-bond acceptors (Lipinski definition) is 2. The van der Waals surface area contributed by atoms with Gasteiger partial charge in [0, 0.05) is 36.6 Å². The Hall–Kier alpha value is -1.36. The highest BCUT2D eigenvalue weighted by Gasteiger charge is 2.12. The van der Waals surface area contributed by atoms with E-state index < -0.39 is 0 Å². The lowest BCUT2D eigenvalue weighted by molar-refractivity contribution is -0.129. The second kappa shape index (κ2) is 8.04. The third-order valence-electron chi connectivity index (χ3n) is 2.77. The van der Waals surface area contributed by atoms with E-state index in [0.29, 0.717) is 25.4 Å². The van der Waals surface area contributed by atoms with Crippen molar-refractivity contribution >= 4 is 33.4 Å². The summed E-state index contributed by atoms with van der Waals surface area (Å²) in [5.74, 6) is 0.325. The summed E-state index contributed by atoms with van der Waals surface area (Å²) in [7, 11) is 0. The fourth-order valence-electron chi connectivity index (χ4n) is 1.81. The van der Waals surface area contributed by atoms with E-state index in [9.17, 15) is 9.59 Å². The Bertz CT molecular complexity index is 457. The zero-order valence-electron chi connectivity index (χ0n) is 12.1. The summed E-state index contributed by atoms with van der Waals surface area (Å²) in [6, 6.07) is 7.41. The number of nitrogens with zero attached hydrogens (tertiary/aromatic N) is 1. The van der Waals surface area contributed by atoms with Gasteiger partial charge in [-0.3, -0.25) is 9.59 Å². The van der Waals surface area contributed by atoms with Gasteiger partial charge in [0.05, 0.1) is 0 Å². The molecule has 0 heterocycles. The summed E-state index contributed by atoms with van der Waals surface area (Å²) in [5.41, 5.74) is 0.761. The normalized spacial score (nSPS) is 10.4. The van der Waals surface area contributed by atoms with Crippen molar-refractivity contribution in [1.29, 1.82) is 0 Å². The van der Waals surface area contributed by atoms with Crippen molar-refractivity contribution in [2.45, 2.75) is 27.2 Å². The molecule has 5 heteroatoms. The Morgan fingerprint density at radius 3 is 2.35 bits per heavy atom. The monoisotopic (exact) mass is 340 g/mol. The van der Waals surface area contributed by atoms with Crippen LogP contribution in [0, 0.1) is 5.92 Å². The summed E-state index contributed by atoms with van der Waals surface area (Å²) in [5, 5.41) is 2.82. The van der Waals surface area contributed by atoms with Crippen LogP contribution in [0.3, 0.4) is 0 Å². The Labute approximate surface area is 128 Å². The maximum Gasteiger partial charge on any atom is 0.226 e. The summed E-state index contributed by atoms with van der Waals surface area (Å²) in [4.78, 5) is 25.0. The van der Waals surface area contributed by atoms with Crippen LogP contribution >= 0.6 is 15.9 Å². The van der Waals surface area contributed by atoms with Crippen molar-refractivity contribution in [1.82, 2.24) is 4.90 Å². The molecule has 2 amide bonds. The third kappa shape index (κ3) is 6.19. The lowest BCUT2D eigenvalue weighted by atomic mass is 10.2. The molecule has 1 aromatic carbocycles. The molecule has 0 aliphatic carbocycles. The molecule has 20 heavy (non-hydrogen) atoms. The maximum atomic E-state index is 11.8. The molecule has 0 saturated carbocycles. The van der Waals surface area contributed by atoms with Crippen LogP contribution < -0.4 is 5.32 Å². The van der Waals surface area contributed by atoms with Crippen molar-refractivity contribution in [2.75, 3.05) is 18.4 Å². The molecule has 0 bridgehead atoms. The van der Waals surface area contributed by atoms with E-state index in [1.165, 1.54) is 6.92 Å². The Balaban J connectivity index is 2.45. The molecule has 0 unspecified atom stereocenters. The minimum Gasteiger partial charge on any atom is -0.342 e. The van der Waals surface area contributed by atoms with Crippen LogP contribution in [0.4, 0.5) is 5.69 Å². The quantitative estimate of drug-likeness (QED) is 0.863. The number of hydrogen-bond donors (Lipinski definition) is 1. The number of amides is 2. The number of carbonyl (C=O) groups is 2. The van der Waals surface area contributed by atoms with Crippen molar-refractivity contribution in [2.24, 2.45) is 5.92 Å². The number of nitrogens with one attached hydrogen (secondary N) is 1. The van der Waals surface area contributed by atoms with Gasteiger partial charge in [0.15, 0.2) is 0 Å². The molecule has 0 aliphatic heterocycles. The minimum absolute atomic E-state index is 0.00939. The lowest BCUT2D eigenvalue weighted by Gasteiger charge is -2.22. The molecule has 1 aromatic rings. The van der Waals surface area contributed by atoms with Gasteiger partial charge in [-0.15, -0.1) is 0 Å². The zero-order valence-corrected chi connectivity index (χ0v) is 13.7. The molecule has 110 valence electrons. The van der Waals surface area contributed by atoms with Gasteiger partial charge in [-0.2, -0.15) is 0 Å². The maximum absolute atomic E-state index is 11.8. The van der Waals surface area contributed by atoms with E-state index in [0.717, 1.165) is 10.2 Å². The molecule has 4 nitrogen and oxygen atoms in total. The van der Waals surface area contributed by atoms with Crippen LogP contribution in [-0.4, -0.2) is 29.8 Å². The van der Waals surface area contributed by atoms with E-state index in [1.807, 2.05) is 24.3 Å². The summed E-state index contributed by atoms with van der Waals surface area (Å²) >= 11 is 3.34. The standard InChI is InChI=1S/C15H21BrN2O2/c1-11(2)10-18(12(3)19)9-8-15(20)17-14-6-4-13(16)5-7-14/h4-7,11H,8-10H2,1-3H3,(H,17,20). The largest absolute Gasteiger partial charge is 0.342 e. The molecule has 0 fully saturated rings. The van der Waals surface area contributed by atoms with Gasteiger partial charge in [-0.1, -0.05) is 29.8 Å². The highest BCUT2D eigenvalue weighted by Crippen LogP contribution is 2.14. The number of rotatable bonds is 6. The van der Waals surface area contributed by atoms with Gasteiger partial charge in [0.2, 0.25) is 11.8 Å². The molecule has 0 aromatic heterocycles. The van der Waals surface area contributed by atoms with Gasteiger partial charge in [0.25, 0.3) is 0 Å². The van der Waals surface area contributed by atoms with Gasteiger partial charge in [0.1, 0.15) is 0 Å². The SMILES string of the molecule is CC(=O)N(CCC(=O)Nc1ccc(Br)cc1)CC(C)C. The number of carbonyl (C=O) groups excluding carboxylic acids is 2. The second-order valence-corrected chi connectivity index (χ2v) is 6.08. The van der Waals surface area contributed by atoms with E-state index in [1.54, 1.807) is 4.90 Å². The van der Waals surface area contributed by atoms with E-state index >= 15 is 0 Å².